The summed E-state index contributed by atoms with van der Waals surface area (Å²) in [5.41, 5.74) is 7.66. The van der Waals surface area contributed by atoms with Gasteiger partial charge in [-0.25, -0.2) is 14.8 Å². The predicted octanol–water partition coefficient (Wildman–Crippen LogP) is -1.34. The monoisotopic (exact) mass is 558 g/mol. The van der Waals surface area contributed by atoms with Crippen LogP contribution in [0.3, 0.4) is 0 Å². The minimum Gasteiger partial charge on any atom is -0.508 e. The number of phenolic OH excluding ortho intramolecular Hbond substituents is 1. The third-order valence-electron chi connectivity index (χ3n) is 5.75. The van der Waals surface area contributed by atoms with E-state index in [1.165, 1.54) is 37.2 Å². The molecule has 9 N–H and O–H groups in total. The van der Waals surface area contributed by atoms with E-state index in [1.807, 2.05) is 0 Å². The number of carbonyl (C=O) groups is 4. The van der Waals surface area contributed by atoms with Gasteiger partial charge in [0.2, 0.25) is 17.7 Å². The molecule has 0 aliphatic rings. The highest BCUT2D eigenvalue weighted by Crippen LogP contribution is 2.12. The second kappa shape index (κ2) is 14.0. The van der Waals surface area contributed by atoms with Gasteiger partial charge in [0.1, 0.15) is 23.9 Å². The van der Waals surface area contributed by atoms with E-state index in [1.54, 1.807) is 12.1 Å². The minimum atomic E-state index is -1.31. The molecule has 0 aliphatic heterocycles. The largest absolute Gasteiger partial charge is 0.508 e. The third-order valence-corrected chi connectivity index (χ3v) is 6.11. The van der Waals surface area contributed by atoms with E-state index in [2.05, 4.69) is 48.5 Å². The Bertz CT molecular complexity index is 1240. The summed E-state index contributed by atoms with van der Waals surface area (Å²) in [5.74, 6) is -3.45. The normalized spacial score (nSPS) is 14.0. The van der Waals surface area contributed by atoms with Gasteiger partial charge in [0, 0.05) is 48.8 Å². The number of thiol groups is 1. The number of phenols is 1. The molecule has 208 valence electrons. The van der Waals surface area contributed by atoms with E-state index in [0.717, 1.165) is 0 Å². The number of nitrogens with two attached hydrogens (primary N) is 1. The molecule has 3 rings (SSSR count). The number of aliphatic carboxylic acids is 1. The Morgan fingerprint density at radius 1 is 0.821 bits per heavy atom. The molecular formula is C24H30N8O6S. The van der Waals surface area contributed by atoms with Crippen molar-refractivity contribution in [2.75, 3.05) is 5.75 Å². The summed E-state index contributed by atoms with van der Waals surface area (Å²) in [6.07, 6.45) is 5.87. The number of aromatic hydroxyl groups is 1. The maximum absolute atomic E-state index is 13.2. The Hall–Kier alpha value is -4.37. The lowest BCUT2D eigenvalue weighted by atomic mass is 10.0. The van der Waals surface area contributed by atoms with Gasteiger partial charge < -0.3 is 41.9 Å². The number of nitrogens with zero attached hydrogens (tertiary/aromatic N) is 2. The van der Waals surface area contributed by atoms with E-state index in [-0.39, 0.29) is 30.8 Å². The van der Waals surface area contributed by atoms with Crippen LogP contribution in [-0.4, -0.2) is 83.8 Å². The van der Waals surface area contributed by atoms with Crippen LogP contribution in [-0.2, 0) is 38.4 Å². The van der Waals surface area contributed by atoms with Crippen LogP contribution < -0.4 is 21.7 Å². The van der Waals surface area contributed by atoms with Crippen molar-refractivity contribution < 1.29 is 29.4 Å². The van der Waals surface area contributed by atoms with Gasteiger partial charge in [0.25, 0.3) is 0 Å². The molecule has 0 saturated heterocycles. The van der Waals surface area contributed by atoms with Crippen molar-refractivity contribution in [2.45, 2.75) is 43.4 Å². The van der Waals surface area contributed by atoms with Crippen molar-refractivity contribution in [3.05, 3.63) is 66.3 Å². The zero-order valence-electron chi connectivity index (χ0n) is 20.7. The minimum absolute atomic E-state index is 0.0126. The summed E-state index contributed by atoms with van der Waals surface area (Å²) in [7, 11) is 0. The number of hydrogen-bond acceptors (Lipinski definition) is 9. The molecule has 15 heteroatoms. The number of H-pyrrole nitrogens is 2. The number of carboxylic acids is 1. The quantitative estimate of drug-likeness (QED) is 0.107. The lowest BCUT2D eigenvalue weighted by molar-refractivity contribution is -0.142. The summed E-state index contributed by atoms with van der Waals surface area (Å²) in [5, 5.41) is 26.8. The summed E-state index contributed by atoms with van der Waals surface area (Å²) in [6.45, 7) is 0. The average molecular weight is 559 g/mol. The molecule has 3 amide bonds. The number of carbonyl (C=O) groups excluding carboxylic acids is 3. The molecule has 0 radical (unpaired) electrons. The smallest absolute Gasteiger partial charge is 0.326 e. The SMILES string of the molecule is NC(Cc1cnc[nH]1)C(=O)NC(CS)C(=O)NC(Cc1ccc(O)cc1)C(=O)NC(Cc1cnc[nH]1)C(=O)O. The van der Waals surface area contributed by atoms with Gasteiger partial charge in [-0.1, -0.05) is 12.1 Å². The molecule has 1 aromatic carbocycles. The number of aromatic nitrogens is 4. The van der Waals surface area contributed by atoms with E-state index >= 15 is 0 Å². The highest BCUT2D eigenvalue weighted by molar-refractivity contribution is 7.80. The molecule has 0 aliphatic carbocycles. The van der Waals surface area contributed by atoms with Crippen LogP contribution in [0.15, 0.2) is 49.3 Å². The molecule has 0 bridgehead atoms. The van der Waals surface area contributed by atoms with Crippen molar-refractivity contribution >= 4 is 36.3 Å². The Morgan fingerprint density at radius 2 is 1.36 bits per heavy atom. The van der Waals surface area contributed by atoms with Gasteiger partial charge in [-0.15, -0.1) is 0 Å². The summed E-state index contributed by atoms with van der Waals surface area (Å²) in [4.78, 5) is 64.1. The molecular weight excluding hydrogens is 528 g/mol. The Morgan fingerprint density at radius 3 is 1.90 bits per heavy atom. The van der Waals surface area contributed by atoms with Crippen LogP contribution >= 0.6 is 12.6 Å². The standard InChI is InChI=1S/C24H30N8O6S/c25-17(6-14-8-26-11-28-14)21(34)32-20(10-39)23(36)30-18(5-13-1-3-16(33)4-2-13)22(35)31-19(24(37)38)7-15-9-27-12-29-15/h1-4,8-9,11-12,17-20,33,39H,5-7,10,25H2,(H,26,28)(H,27,29)(H,30,36)(H,31,35)(H,32,34)(H,37,38). The third kappa shape index (κ3) is 8.86. The fraction of sp³-hybridized carbons (Fsp3) is 0.333. The Balaban J connectivity index is 1.71. The summed E-state index contributed by atoms with van der Waals surface area (Å²) >= 11 is 4.16. The molecule has 2 aromatic heterocycles. The zero-order chi connectivity index (χ0) is 28.4. The molecule has 0 saturated carbocycles. The van der Waals surface area contributed by atoms with Crippen LogP contribution in [0.1, 0.15) is 17.0 Å². The first-order valence-corrected chi connectivity index (χ1v) is 12.5. The Kier molecular flexibility index (Phi) is 10.5. The van der Waals surface area contributed by atoms with E-state index in [9.17, 15) is 29.4 Å². The topological polar surface area (TPSA) is 228 Å². The van der Waals surface area contributed by atoms with Crippen molar-refractivity contribution in [1.29, 1.82) is 0 Å². The van der Waals surface area contributed by atoms with Crippen LogP contribution in [0.25, 0.3) is 0 Å². The van der Waals surface area contributed by atoms with Crippen molar-refractivity contribution in [3.8, 4) is 5.75 Å². The van der Waals surface area contributed by atoms with Gasteiger partial charge in [-0.05, 0) is 17.7 Å². The van der Waals surface area contributed by atoms with E-state index in [0.29, 0.717) is 17.0 Å². The van der Waals surface area contributed by atoms with E-state index in [4.69, 9.17) is 5.73 Å². The molecule has 2 heterocycles. The molecule has 3 aromatic rings. The molecule has 14 nitrogen and oxygen atoms in total. The number of aromatic amines is 2. The summed E-state index contributed by atoms with van der Waals surface area (Å²) in [6, 6.07) is 1.33. The molecule has 0 fully saturated rings. The molecule has 4 atom stereocenters. The van der Waals surface area contributed by atoms with Gasteiger partial charge in [-0.3, -0.25) is 14.4 Å². The zero-order valence-corrected chi connectivity index (χ0v) is 21.6. The predicted molar refractivity (Wildman–Crippen MR) is 142 cm³/mol. The van der Waals surface area contributed by atoms with Gasteiger partial charge in [0.05, 0.1) is 18.7 Å². The number of hydrogen-bond donors (Lipinski definition) is 9. The maximum Gasteiger partial charge on any atom is 0.326 e. The van der Waals surface area contributed by atoms with Gasteiger partial charge >= 0.3 is 5.97 Å². The van der Waals surface area contributed by atoms with Gasteiger partial charge in [-0.2, -0.15) is 12.6 Å². The maximum atomic E-state index is 13.2. The van der Waals surface area contributed by atoms with Crippen LogP contribution in [0.5, 0.6) is 5.75 Å². The molecule has 39 heavy (non-hydrogen) atoms. The van der Waals surface area contributed by atoms with Crippen LogP contribution in [0.2, 0.25) is 0 Å². The van der Waals surface area contributed by atoms with E-state index < -0.39 is 47.9 Å². The van der Waals surface area contributed by atoms with Crippen LogP contribution in [0, 0.1) is 0 Å². The molecule has 0 spiro atoms. The first kappa shape index (κ1) is 29.2. The number of nitrogens with one attached hydrogen (secondary N) is 5. The number of imidazole rings is 2. The van der Waals surface area contributed by atoms with Crippen molar-refractivity contribution in [3.63, 3.8) is 0 Å². The fourth-order valence-corrected chi connectivity index (χ4v) is 3.89. The number of rotatable bonds is 14. The van der Waals surface area contributed by atoms with Crippen molar-refractivity contribution in [1.82, 2.24) is 35.9 Å². The highest BCUT2D eigenvalue weighted by Gasteiger charge is 2.30. The average Bonchev–Trinajstić information content (AvgIpc) is 3.62. The van der Waals surface area contributed by atoms with Crippen molar-refractivity contribution in [2.24, 2.45) is 5.73 Å². The first-order chi connectivity index (χ1) is 18.7. The first-order valence-electron chi connectivity index (χ1n) is 11.9. The van der Waals surface area contributed by atoms with Crippen LogP contribution in [0.4, 0.5) is 0 Å². The second-order valence-electron chi connectivity index (χ2n) is 8.74. The Labute approximate surface area is 228 Å². The number of carboxylic acid groups (broad SMARTS) is 1. The highest BCUT2D eigenvalue weighted by atomic mass is 32.1. The lowest BCUT2D eigenvalue weighted by Gasteiger charge is -2.24. The number of benzene rings is 1. The number of amides is 3. The van der Waals surface area contributed by atoms with Gasteiger partial charge in [0.15, 0.2) is 0 Å². The molecule has 4 unspecified atom stereocenters. The fourth-order valence-electron chi connectivity index (χ4n) is 3.64. The lowest BCUT2D eigenvalue weighted by Crippen LogP contribution is -2.58. The second-order valence-corrected chi connectivity index (χ2v) is 9.11. The summed E-state index contributed by atoms with van der Waals surface area (Å²) < 4.78 is 0.